The fraction of sp³-hybridized carbons (Fsp3) is 0.647. The molecule has 1 aromatic carbocycles. The number of nitrogens with two attached hydrogens (primary N) is 1. The van der Waals surface area contributed by atoms with Crippen molar-refractivity contribution in [3.63, 3.8) is 0 Å². The van der Waals surface area contributed by atoms with Crippen LogP contribution in [0, 0.1) is 5.92 Å². The molecule has 114 valence electrons. The molecule has 2 atom stereocenters. The molecule has 20 heavy (non-hydrogen) atoms. The van der Waals surface area contributed by atoms with Gasteiger partial charge < -0.3 is 15.2 Å². The predicted octanol–water partition coefficient (Wildman–Crippen LogP) is 4.31. The molecule has 0 heterocycles. The molecular weight excluding hydrogens is 250 g/mol. The Labute approximate surface area is 123 Å². The summed E-state index contributed by atoms with van der Waals surface area (Å²) in [6, 6.07) is 5.94. The molecule has 0 amide bonds. The first kappa shape index (κ1) is 16.8. The molecule has 0 fully saturated rings. The summed E-state index contributed by atoms with van der Waals surface area (Å²) in [7, 11) is 1.67. The molecule has 0 saturated carbocycles. The number of rotatable bonds is 9. The van der Waals surface area contributed by atoms with Gasteiger partial charge in [-0.05, 0) is 37.0 Å². The average molecular weight is 279 g/mol. The van der Waals surface area contributed by atoms with Crippen molar-refractivity contribution in [1.29, 1.82) is 0 Å². The van der Waals surface area contributed by atoms with Gasteiger partial charge >= 0.3 is 0 Å². The van der Waals surface area contributed by atoms with E-state index in [1.54, 1.807) is 7.11 Å². The summed E-state index contributed by atoms with van der Waals surface area (Å²) in [6.45, 7) is 7.17. The van der Waals surface area contributed by atoms with Crippen LogP contribution in [0.2, 0.25) is 0 Å². The fourth-order valence-electron chi connectivity index (χ4n) is 2.19. The van der Waals surface area contributed by atoms with E-state index in [1.807, 2.05) is 25.1 Å². The number of ether oxygens (including phenoxy) is 2. The topological polar surface area (TPSA) is 44.5 Å². The van der Waals surface area contributed by atoms with Crippen molar-refractivity contribution in [2.24, 2.45) is 11.7 Å². The zero-order valence-electron chi connectivity index (χ0n) is 13.3. The smallest absolute Gasteiger partial charge is 0.161 e. The van der Waals surface area contributed by atoms with Crippen molar-refractivity contribution in [2.75, 3.05) is 13.7 Å². The van der Waals surface area contributed by atoms with Gasteiger partial charge in [-0.2, -0.15) is 0 Å². The Morgan fingerprint density at radius 2 is 1.95 bits per heavy atom. The Morgan fingerprint density at radius 3 is 2.50 bits per heavy atom. The number of methoxy groups -OCH3 is 1. The SMILES string of the molecule is CCCCC(CC)COc1ccc(C(C)N)cc1OC. The van der Waals surface area contributed by atoms with Crippen molar-refractivity contribution in [1.82, 2.24) is 0 Å². The van der Waals surface area contributed by atoms with Crippen LogP contribution in [0.4, 0.5) is 0 Å². The minimum absolute atomic E-state index is 0.00546. The molecule has 2 N–H and O–H groups in total. The molecule has 1 aromatic rings. The second-order valence-corrected chi connectivity index (χ2v) is 5.43. The van der Waals surface area contributed by atoms with Crippen LogP contribution in [0.15, 0.2) is 18.2 Å². The van der Waals surface area contributed by atoms with E-state index in [9.17, 15) is 0 Å². The number of hydrogen-bond donors (Lipinski definition) is 1. The standard InChI is InChI=1S/C17H29NO2/c1-5-7-8-14(6-2)12-20-16-10-9-15(13(3)18)11-17(16)19-4/h9-11,13-14H,5-8,12,18H2,1-4H3. The first-order valence-electron chi connectivity index (χ1n) is 7.68. The second kappa shape index (κ2) is 8.85. The Kier molecular flexibility index (Phi) is 7.45. The lowest BCUT2D eigenvalue weighted by Gasteiger charge is -2.18. The summed E-state index contributed by atoms with van der Waals surface area (Å²) in [5, 5.41) is 0. The number of benzene rings is 1. The van der Waals surface area contributed by atoms with E-state index >= 15 is 0 Å². The fourth-order valence-corrected chi connectivity index (χ4v) is 2.19. The summed E-state index contributed by atoms with van der Waals surface area (Å²) in [5.74, 6) is 2.20. The minimum atomic E-state index is 0.00546. The van der Waals surface area contributed by atoms with E-state index in [2.05, 4.69) is 13.8 Å². The molecule has 0 bridgehead atoms. The van der Waals surface area contributed by atoms with Crippen LogP contribution >= 0.6 is 0 Å². The zero-order chi connectivity index (χ0) is 15.0. The normalized spacial score (nSPS) is 13.8. The van der Waals surface area contributed by atoms with Gasteiger partial charge in [0.15, 0.2) is 11.5 Å². The lowest BCUT2D eigenvalue weighted by atomic mass is 10.0. The van der Waals surface area contributed by atoms with Crippen LogP contribution in [0.1, 0.15) is 58.1 Å². The van der Waals surface area contributed by atoms with E-state index in [4.69, 9.17) is 15.2 Å². The van der Waals surface area contributed by atoms with Gasteiger partial charge in [-0.15, -0.1) is 0 Å². The third-order valence-corrected chi connectivity index (χ3v) is 3.73. The van der Waals surface area contributed by atoms with E-state index in [1.165, 1.54) is 19.3 Å². The molecule has 0 aliphatic carbocycles. The van der Waals surface area contributed by atoms with Gasteiger partial charge in [0.25, 0.3) is 0 Å². The summed E-state index contributed by atoms with van der Waals surface area (Å²) in [5.41, 5.74) is 6.95. The van der Waals surface area contributed by atoms with Crippen LogP contribution in [-0.4, -0.2) is 13.7 Å². The third-order valence-electron chi connectivity index (χ3n) is 3.73. The number of hydrogen-bond acceptors (Lipinski definition) is 3. The number of unbranched alkanes of at least 4 members (excludes halogenated alkanes) is 1. The van der Waals surface area contributed by atoms with E-state index in [-0.39, 0.29) is 6.04 Å². The molecular formula is C17H29NO2. The van der Waals surface area contributed by atoms with Crippen LogP contribution < -0.4 is 15.2 Å². The lowest BCUT2D eigenvalue weighted by Crippen LogP contribution is -2.12. The lowest BCUT2D eigenvalue weighted by molar-refractivity contribution is 0.224. The van der Waals surface area contributed by atoms with E-state index in [0.717, 1.165) is 30.1 Å². The maximum Gasteiger partial charge on any atom is 0.161 e. The average Bonchev–Trinajstić information content (AvgIpc) is 2.47. The highest BCUT2D eigenvalue weighted by molar-refractivity contribution is 5.43. The molecule has 0 aromatic heterocycles. The van der Waals surface area contributed by atoms with Crippen LogP contribution in [0.25, 0.3) is 0 Å². The molecule has 0 aliphatic heterocycles. The Hall–Kier alpha value is -1.22. The third kappa shape index (κ3) is 5.04. The Balaban J connectivity index is 2.66. The van der Waals surface area contributed by atoms with E-state index in [0.29, 0.717) is 5.92 Å². The highest BCUT2D eigenvalue weighted by atomic mass is 16.5. The first-order chi connectivity index (χ1) is 9.62. The van der Waals surface area contributed by atoms with Gasteiger partial charge in [-0.1, -0.05) is 39.2 Å². The quantitative estimate of drug-likeness (QED) is 0.732. The molecule has 0 saturated heterocycles. The summed E-state index contributed by atoms with van der Waals surface area (Å²) in [6.07, 6.45) is 4.89. The predicted molar refractivity (Wildman–Crippen MR) is 84.4 cm³/mol. The highest BCUT2D eigenvalue weighted by Gasteiger charge is 2.11. The highest BCUT2D eigenvalue weighted by Crippen LogP contribution is 2.30. The van der Waals surface area contributed by atoms with Gasteiger partial charge in [0.1, 0.15) is 0 Å². The van der Waals surface area contributed by atoms with Gasteiger partial charge in [0.05, 0.1) is 13.7 Å². The Bertz CT molecular complexity index is 391. The zero-order valence-corrected chi connectivity index (χ0v) is 13.3. The first-order valence-corrected chi connectivity index (χ1v) is 7.68. The molecule has 3 nitrogen and oxygen atoms in total. The second-order valence-electron chi connectivity index (χ2n) is 5.43. The molecule has 0 radical (unpaired) electrons. The Morgan fingerprint density at radius 1 is 1.20 bits per heavy atom. The van der Waals surface area contributed by atoms with Crippen LogP contribution in [-0.2, 0) is 0 Å². The largest absolute Gasteiger partial charge is 0.493 e. The molecule has 3 heteroatoms. The van der Waals surface area contributed by atoms with Crippen LogP contribution in [0.5, 0.6) is 11.5 Å². The van der Waals surface area contributed by atoms with Gasteiger partial charge in [-0.25, -0.2) is 0 Å². The summed E-state index contributed by atoms with van der Waals surface area (Å²) in [4.78, 5) is 0. The van der Waals surface area contributed by atoms with E-state index < -0.39 is 0 Å². The summed E-state index contributed by atoms with van der Waals surface area (Å²) >= 11 is 0. The van der Waals surface area contributed by atoms with Crippen molar-refractivity contribution >= 4 is 0 Å². The van der Waals surface area contributed by atoms with Crippen molar-refractivity contribution in [3.8, 4) is 11.5 Å². The molecule has 1 rings (SSSR count). The van der Waals surface area contributed by atoms with Crippen molar-refractivity contribution in [3.05, 3.63) is 23.8 Å². The maximum atomic E-state index is 5.95. The van der Waals surface area contributed by atoms with Crippen molar-refractivity contribution < 1.29 is 9.47 Å². The van der Waals surface area contributed by atoms with Gasteiger partial charge in [-0.3, -0.25) is 0 Å². The van der Waals surface area contributed by atoms with Gasteiger partial charge in [0.2, 0.25) is 0 Å². The van der Waals surface area contributed by atoms with Crippen LogP contribution in [0.3, 0.4) is 0 Å². The minimum Gasteiger partial charge on any atom is -0.493 e. The molecule has 0 spiro atoms. The maximum absolute atomic E-state index is 5.95. The van der Waals surface area contributed by atoms with Gasteiger partial charge in [0, 0.05) is 6.04 Å². The monoisotopic (exact) mass is 279 g/mol. The van der Waals surface area contributed by atoms with Crippen molar-refractivity contribution in [2.45, 2.75) is 52.5 Å². The molecule has 2 unspecified atom stereocenters. The molecule has 0 aliphatic rings. The summed E-state index contributed by atoms with van der Waals surface area (Å²) < 4.78 is 11.3.